The molecule has 1 atom stereocenters. The fourth-order valence-electron chi connectivity index (χ4n) is 4.47. The third-order valence-electron chi connectivity index (χ3n) is 6.17. The van der Waals surface area contributed by atoms with E-state index in [0.29, 0.717) is 0 Å². The molecule has 0 spiro atoms. The molecule has 0 bridgehead atoms. The number of alkyl halides is 3. The number of carboxylic acids is 1. The van der Waals surface area contributed by atoms with Crippen LogP contribution in [0.3, 0.4) is 0 Å². The number of anilines is 1. The Bertz CT molecular complexity index is 1220. The molecule has 1 N–H and O–H groups in total. The van der Waals surface area contributed by atoms with Gasteiger partial charge in [-0.25, -0.2) is 9.18 Å². The molecule has 38 heavy (non-hydrogen) atoms. The third kappa shape index (κ3) is 6.19. The highest BCUT2D eigenvalue weighted by Gasteiger charge is 2.41. The molecule has 0 heterocycles. The van der Waals surface area contributed by atoms with Crippen molar-refractivity contribution in [2.24, 2.45) is 0 Å². The number of hydrogen-bond donors (Lipinski definition) is 1. The summed E-state index contributed by atoms with van der Waals surface area (Å²) in [5, 5.41) is 10.2. The van der Waals surface area contributed by atoms with Crippen molar-refractivity contribution in [3.63, 3.8) is 0 Å². The van der Waals surface area contributed by atoms with E-state index < -0.39 is 35.3 Å². The van der Waals surface area contributed by atoms with Crippen molar-refractivity contribution in [3.8, 4) is 0 Å². The number of nitrogens with zero attached hydrogens (tertiary/aromatic N) is 1. The van der Waals surface area contributed by atoms with Crippen LogP contribution in [0.15, 0.2) is 115 Å². The average molecular weight is 540 g/mol. The Kier molecular flexibility index (Phi) is 8.42. The molecular formula is C30H25F4NO2S. The number of thioether (sulfide) groups is 1. The number of halogens is 4. The molecular weight excluding hydrogens is 514 g/mol. The van der Waals surface area contributed by atoms with Gasteiger partial charge < -0.3 is 10.0 Å². The summed E-state index contributed by atoms with van der Waals surface area (Å²) in [4.78, 5) is 13.3. The maximum absolute atomic E-state index is 13.6. The second kappa shape index (κ2) is 11.7. The lowest BCUT2D eigenvalue weighted by molar-refractivity contribution is -0.140. The first kappa shape index (κ1) is 27.3. The first-order valence-corrected chi connectivity index (χ1v) is 12.8. The molecule has 0 unspecified atom stereocenters. The van der Waals surface area contributed by atoms with Crippen LogP contribution in [-0.2, 0) is 9.54 Å². The number of hydrogen-bond acceptors (Lipinski definition) is 3. The second-order valence-electron chi connectivity index (χ2n) is 8.66. The van der Waals surface area contributed by atoms with Crippen molar-refractivity contribution in [1.82, 2.24) is 0 Å². The fourth-order valence-corrected chi connectivity index (χ4v) is 6.11. The van der Waals surface area contributed by atoms with Gasteiger partial charge in [0.15, 0.2) is 0 Å². The van der Waals surface area contributed by atoms with E-state index in [1.807, 2.05) is 91.0 Å². The lowest BCUT2D eigenvalue weighted by atomic mass is 9.84. The number of aliphatic carboxylic acids is 1. The summed E-state index contributed by atoms with van der Waals surface area (Å²) in [5.41, 5.74) is 2.54. The Balaban J connectivity index is 1.83. The highest BCUT2D eigenvalue weighted by Crippen LogP contribution is 2.49. The number of carbonyl (C=O) groups is 1. The lowest BCUT2D eigenvalue weighted by Gasteiger charge is -2.38. The summed E-state index contributed by atoms with van der Waals surface area (Å²) in [6.45, 7) is -1.49. The van der Waals surface area contributed by atoms with Crippen LogP contribution in [0.25, 0.3) is 0 Å². The Morgan fingerprint density at radius 1 is 0.737 bits per heavy atom. The van der Waals surface area contributed by atoms with Gasteiger partial charge >= 0.3 is 12.1 Å². The molecule has 0 saturated heterocycles. The fraction of sp³-hybridized carbons (Fsp3) is 0.167. The Morgan fingerprint density at radius 3 is 1.53 bits per heavy atom. The first-order chi connectivity index (χ1) is 18.2. The lowest BCUT2D eigenvalue weighted by Crippen LogP contribution is -2.48. The largest absolute Gasteiger partial charge is 0.480 e. The van der Waals surface area contributed by atoms with Gasteiger partial charge in [-0.2, -0.15) is 13.2 Å². The van der Waals surface area contributed by atoms with Crippen molar-refractivity contribution in [3.05, 3.63) is 138 Å². The molecule has 0 aromatic heterocycles. The van der Waals surface area contributed by atoms with Crippen LogP contribution >= 0.6 is 11.8 Å². The highest BCUT2D eigenvalue weighted by molar-refractivity contribution is 8.00. The van der Waals surface area contributed by atoms with Gasteiger partial charge in [0.05, 0.1) is 4.75 Å². The van der Waals surface area contributed by atoms with Gasteiger partial charge in [0.25, 0.3) is 0 Å². The highest BCUT2D eigenvalue weighted by atomic mass is 32.2. The zero-order chi connectivity index (χ0) is 27.2. The number of rotatable bonds is 10. The SMILES string of the molecule is O=C(O)[C@H](CSC(c1ccccc1)(c1ccccc1)c1ccccc1)N(CC(F)(F)F)c1ccc(F)cc1. The molecule has 196 valence electrons. The van der Waals surface area contributed by atoms with E-state index in [0.717, 1.165) is 33.7 Å². The molecule has 4 aromatic rings. The van der Waals surface area contributed by atoms with Gasteiger partial charge in [-0.3, -0.25) is 0 Å². The molecule has 8 heteroatoms. The summed E-state index contributed by atoms with van der Waals surface area (Å²) in [6.07, 6.45) is -4.68. The Morgan fingerprint density at radius 2 is 1.16 bits per heavy atom. The zero-order valence-corrected chi connectivity index (χ0v) is 21.0. The number of carboxylic acid groups (broad SMARTS) is 1. The van der Waals surface area contributed by atoms with Gasteiger partial charge in [0, 0.05) is 11.4 Å². The van der Waals surface area contributed by atoms with E-state index in [9.17, 15) is 27.5 Å². The van der Waals surface area contributed by atoms with Crippen molar-refractivity contribution in [2.45, 2.75) is 17.0 Å². The van der Waals surface area contributed by atoms with Crippen LogP contribution in [0.4, 0.5) is 23.2 Å². The summed E-state index contributed by atoms with van der Waals surface area (Å²) in [6, 6.07) is 31.2. The van der Waals surface area contributed by atoms with Crippen LogP contribution in [0, 0.1) is 5.82 Å². The summed E-state index contributed by atoms with van der Waals surface area (Å²) in [7, 11) is 0. The normalized spacial score (nSPS) is 12.6. The summed E-state index contributed by atoms with van der Waals surface area (Å²) < 4.78 is 53.6. The monoisotopic (exact) mass is 539 g/mol. The van der Waals surface area contributed by atoms with E-state index in [-0.39, 0.29) is 11.4 Å². The molecule has 3 nitrogen and oxygen atoms in total. The van der Waals surface area contributed by atoms with Crippen molar-refractivity contribution < 1.29 is 27.5 Å². The van der Waals surface area contributed by atoms with Gasteiger partial charge in [0.1, 0.15) is 18.4 Å². The minimum absolute atomic E-state index is 0.0264. The molecule has 0 amide bonds. The first-order valence-electron chi connectivity index (χ1n) is 11.8. The van der Waals surface area contributed by atoms with Crippen LogP contribution in [0.5, 0.6) is 0 Å². The van der Waals surface area contributed by atoms with Crippen LogP contribution in [0.1, 0.15) is 16.7 Å². The minimum Gasteiger partial charge on any atom is -0.480 e. The molecule has 0 aliphatic carbocycles. The van der Waals surface area contributed by atoms with Crippen LogP contribution in [-0.4, -0.2) is 35.6 Å². The van der Waals surface area contributed by atoms with Gasteiger partial charge in [-0.15, -0.1) is 11.8 Å². The Labute approximate surface area is 222 Å². The smallest absolute Gasteiger partial charge is 0.405 e. The zero-order valence-electron chi connectivity index (χ0n) is 20.2. The summed E-state index contributed by atoms with van der Waals surface area (Å²) in [5.74, 6) is -2.23. The summed E-state index contributed by atoms with van der Waals surface area (Å²) >= 11 is 1.25. The van der Waals surface area contributed by atoms with Crippen LogP contribution in [0.2, 0.25) is 0 Å². The predicted octanol–water partition coefficient (Wildman–Crippen LogP) is 7.37. The number of benzene rings is 4. The van der Waals surface area contributed by atoms with Gasteiger partial charge in [0.2, 0.25) is 0 Å². The maximum Gasteiger partial charge on any atom is 0.405 e. The van der Waals surface area contributed by atoms with E-state index in [1.54, 1.807) is 0 Å². The van der Waals surface area contributed by atoms with E-state index in [2.05, 4.69) is 0 Å². The second-order valence-corrected chi connectivity index (χ2v) is 9.90. The van der Waals surface area contributed by atoms with E-state index >= 15 is 0 Å². The quantitative estimate of drug-likeness (QED) is 0.169. The van der Waals surface area contributed by atoms with E-state index in [4.69, 9.17) is 0 Å². The molecule has 0 radical (unpaired) electrons. The Hall–Kier alpha value is -3.78. The molecule has 0 aliphatic heterocycles. The average Bonchev–Trinajstić information content (AvgIpc) is 2.91. The van der Waals surface area contributed by atoms with Crippen molar-refractivity contribution >= 4 is 23.4 Å². The van der Waals surface area contributed by atoms with E-state index in [1.165, 1.54) is 23.9 Å². The minimum atomic E-state index is -4.68. The van der Waals surface area contributed by atoms with Crippen molar-refractivity contribution in [1.29, 1.82) is 0 Å². The standard InChI is InChI=1S/C30H25F4NO2S/c31-25-16-18-26(19-17-25)35(21-29(32,33)34)27(28(36)37)20-38-30(22-10-4-1-5-11-22,23-12-6-2-7-13-23)24-14-8-3-9-15-24/h1-19,27H,20-21H2,(H,36,37)/t27-/m0/s1. The van der Waals surface area contributed by atoms with Gasteiger partial charge in [-0.05, 0) is 41.0 Å². The molecule has 0 aliphatic rings. The molecule has 4 rings (SSSR count). The topological polar surface area (TPSA) is 40.5 Å². The molecule has 4 aromatic carbocycles. The third-order valence-corrected chi connectivity index (χ3v) is 7.79. The van der Waals surface area contributed by atoms with Gasteiger partial charge in [-0.1, -0.05) is 91.0 Å². The maximum atomic E-state index is 13.6. The molecule has 0 saturated carbocycles. The molecule has 0 fully saturated rings. The predicted molar refractivity (Wildman–Crippen MR) is 143 cm³/mol. The van der Waals surface area contributed by atoms with Crippen molar-refractivity contribution in [2.75, 3.05) is 17.2 Å². The van der Waals surface area contributed by atoms with Crippen LogP contribution < -0.4 is 4.90 Å².